The second kappa shape index (κ2) is 6.68. The van der Waals surface area contributed by atoms with Crippen LogP contribution in [0.5, 0.6) is 0 Å². The quantitative estimate of drug-likeness (QED) is 0.691. The Morgan fingerprint density at radius 2 is 1.93 bits per heavy atom. The Hall–Kier alpha value is -0.730. The maximum absolute atomic E-state index is 11.6. The fourth-order valence-corrected chi connectivity index (χ4v) is 1.78. The molecule has 14 heavy (non-hydrogen) atoms. The number of rotatable bonds is 4. The van der Waals surface area contributed by atoms with E-state index in [1.165, 1.54) is 32.1 Å². The van der Waals surface area contributed by atoms with Crippen LogP contribution in [0, 0.1) is 0 Å². The first-order valence-electron chi connectivity index (χ1n) is 5.87. The number of nitrogens with one attached hydrogen (secondary N) is 1. The fraction of sp³-hybridized carbons (Fsp3) is 0.909. The summed E-state index contributed by atoms with van der Waals surface area (Å²) in [6, 6.07) is 0.140. The SMILES string of the molecule is CCCCCNC(=O)N1CCCCC1. The van der Waals surface area contributed by atoms with Crippen LogP contribution < -0.4 is 5.32 Å². The van der Waals surface area contributed by atoms with Crippen molar-refractivity contribution >= 4 is 6.03 Å². The van der Waals surface area contributed by atoms with Crippen LogP contribution in [-0.2, 0) is 0 Å². The normalized spacial score (nSPS) is 16.8. The Kier molecular flexibility index (Phi) is 5.42. The highest BCUT2D eigenvalue weighted by atomic mass is 16.2. The molecule has 1 rings (SSSR count). The van der Waals surface area contributed by atoms with Gasteiger partial charge in [0.1, 0.15) is 0 Å². The fourth-order valence-electron chi connectivity index (χ4n) is 1.78. The van der Waals surface area contributed by atoms with Crippen LogP contribution >= 0.6 is 0 Å². The van der Waals surface area contributed by atoms with Crippen molar-refractivity contribution in [2.24, 2.45) is 0 Å². The molecule has 0 unspecified atom stereocenters. The molecule has 0 spiro atoms. The van der Waals surface area contributed by atoms with Gasteiger partial charge in [0.05, 0.1) is 0 Å². The van der Waals surface area contributed by atoms with Gasteiger partial charge in [-0.15, -0.1) is 0 Å². The van der Waals surface area contributed by atoms with Crippen molar-refractivity contribution in [3.8, 4) is 0 Å². The molecular weight excluding hydrogens is 176 g/mol. The average molecular weight is 198 g/mol. The first-order valence-corrected chi connectivity index (χ1v) is 5.87. The van der Waals surface area contributed by atoms with Crippen LogP contribution in [0.2, 0.25) is 0 Å². The van der Waals surface area contributed by atoms with Gasteiger partial charge in [0.25, 0.3) is 0 Å². The van der Waals surface area contributed by atoms with Gasteiger partial charge in [0.15, 0.2) is 0 Å². The number of carbonyl (C=O) groups is 1. The average Bonchev–Trinajstić information content (AvgIpc) is 2.25. The summed E-state index contributed by atoms with van der Waals surface area (Å²) >= 11 is 0. The van der Waals surface area contributed by atoms with E-state index in [0.29, 0.717) is 0 Å². The highest BCUT2D eigenvalue weighted by Crippen LogP contribution is 2.08. The molecule has 1 fully saturated rings. The number of piperidine rings is 1. The number of likely N-dealkylation sites (tertiary alicyclic amines) is 1. The molecule has 82 valence electrons. The number of carbonyl (C=O) groups excluding carboxylic acids is 1. The van der Waals surface area contributed by atoms with Crippen LogP contribution in [-0.4, -0.2) is 30.6 Å². The van der Waals surface area contributed by atoms with Crippen molar-refractivity contribution in [1.82, 2.24) is 10.2 Å². The molecular formula is C11H22N2O. The van der Waals surface area contributed by atoms with Crippen LogP contribution in [0.25, 0.3) is 0 Å². The zero-order valence-corrected chi connectivity index (χ0v) is 9.22. The lowest BCUT2D eigenvalue weighted by atomic mass is 10.1. The van der Waals surface area contributed by atoms with Gasteiger partial charge in [0.2, 0.25) is 0 Å². The third-order valence-corrected chi connectivity index (χ3v) is 2.70. The summed E-state index contributed by atoms with van der Waals surface area (Å²) in [5, 5.41) is 2.97. The summed E-state index contributed by atoms with van der Waals surface area (Å²) in [4.78, 5) is 13.5. The molecule has 0 radical (unpaired) electrons. The summed E-state index contributed by atoms with van der Waals surface area (Å²) < 4.78 is 0. The molecule has 0 aromatic heterocycles. The molecule has 3 heteroatoms. The van der Waals surface area contributed by atoms with Gasteiger partial charge in [-0.3, -0.25) is 0 Å². The molecule has 1 saturated heterocycles. The van der Waals surface area contributed by atoms with Crippen LogP contribution in [0.3, 0.4) is 0 Å². The van der Waals surface area contributed by atoms with Crippen molar-refractivity contribution < 1.29 is 4.79 Å². The van der Waals surface area contributed by atoms with E-state index in [0.717, 1.165) is 26.1 Å². The zero-order valence-electron chi connectivity index (χ0n) is 9.22. The number of hydrogen-bond donors (Lipinski definition) is 1. The smallest absolute Gasteiger partial charge is 0.317 e. The van der Waals surface area contributed by atoms with Gasteiger partial charge < -0.3 is 10.2 Å². The van der Waals surface area contributed by atoms with Crippen LogP contribution in [0.1, 0.15) is 45.4 Å². The monoisotopic (exact) mass is 198 g/mol. The van der Waals surface area contributed by atoms with Gasteiger partial charge >= 0.3 is 6.03 Å². The van der Waals surface area contributed by atoms with E-state index in [1.807, 2.05) is 4.90 Å². The molecule has 0 atom stereocenters. The molecule has 0 aromatic carbocycles. The van der Waals surface area contributed by atoms with Crippen molar-refractivity contribution in [2.75, 3.05) is 19.6 Å². The lowest BCUT2D eigenvalue weighted by Gasteiger charge is -2.26. The van der Waals surface area contributed by atoms with E-state index < -0.39 is 0 Å². The molecule has 2 amide bonds. The van der Waals surface area contributed by atoms with E-state index in [1.54, 1.807) is 0 Å². The predicted octanol–water partition coefficient (Wildman–Crippen LogP) is 2.37. The molecule has 1 aliphatic heterocycles. The Labute approximate surface area is 86.9 Å². The van der Waals surface area contributed by atoms with Gasteiger partial charge in [-0.1, -0.05) is 19.8 Å². The third-order valence-electron chi connectivity index (χ3n) is 2.70. The molecule has 0 saturated carbocycles. The summed E-state index contributed by atoms with van der Waals surface area (Å²) in [7, 11) is 0. The van der Waals surface area contributed by atoms with Crippen molar-refractivity contribution in [1.29, 1.82) is 0 Å². The van der Waals surface area contributed by atoms with E-state index >= 15 is 0 Å². The van der Waals surface area contributed by atoms with Gasteiger partial charge in [-0.2, -0.15) is 0 Å². The first-order chi connectivity index (χ1) is 6.84. The van der Waals surface area contributed by atoms with Gasteiger partial charge in [0, 0.05) is 19.6 Å². The Bertz CT molecular complexity index is 165. The lowest BCUT2D eigenvalue weighted by Crippen LogP contribution is -2.43. The minimum atomic E-state index is 0.140. The van der Waals surface area contributed by atoms with Crippen LogP contribution in [0.4, 0.5) is 4.79 Å². The third kappa shape index (κ3) is 3.99. The van der Waals surface area contributed by atoms with E-state index in [9.17, 15) is 4.79 Å². The highest BCUT2D eigenvalue weighted by Gasteiger charge is 2.14. The molecule has 1 N–H and O–H groups in total. The van der Waals surface area contributed by atoms with Crippen molar-refractivity contribution in [2.45, 2.75) is 45.4 Å². The second-order valence-electron chi connectivity index (χ2n) is 3.99. The predicted molar refractivity (Wildman–Crippen MR) is 58.3 cm³/mol. The largest absolute Gasteiger partial charge is 0.338 e. The van der Waals surface area contributed by atoms with E-state index in [4.69, 9.17) is 0 Å². The van der Waals surface area contributed by atoms with Crippen molar-refractivity contribution in [3.05, 3.63) is 0 Å². The summed E-state index contributed by atoms with van der Waals surface area (Å²) in [5.41, 5.74) is 0. The van der Waals surface area contributed by atoms with Crippen LogP contribution in [0.15, 0.2) is 0 Å². The molecule has 1 heterocycles. The minimum absolute atomic E-state index is 0.140. The summed E-state index contributed by atoms with van der Waals surface area (Å²) in [6.45, 7) is 4.90. The number of amides is 2. The second-order valence-corrected chi connectivity index (χ2v) is 3.99. The van der Waals surface area contributed by atoms with E-state index in [-0.39, 0.29) is 6.03 Å². The number of nitrogens with zero attached hydrogens (tertiary/aromatic N) is 1. The molecule has 0 aliphatic carbocycles. The Balaban J connectivity index is 2.07. The molecule has 3 nitrogen and oxygen atoms in total. The standard InChI is InChI=1S/C11H22N2O/c1-2-3-5-8-12-11(14)13-9-6-4-7-10-13/h2-10H2,1H3,(H,12,14). The first kappa shape index (κ1) is 11.3. The minimum Gasteiger partial charge on any atom is -0.338 e. The lowest BCUT2D eigenvalue weighted by molar-refractivity contribution is 0.186. The molecule has 1 aliphatic rings. The van der Waals surface area contributed by atoms with E-state index in [2.05, 4.69) is 12.2 Å². The maximum atomic E-state index is 11.6. The summed E-state index contributed by atoms with van der Waals surface area (Å²) in [5.74, 6) is 0. The Morgan fingerprint density at radius 3 is 2.57 bits per heavy atom. The Morgan fingerprint density at radius 1 is 1.21 bits per heavy atom. The topological polar surface area (TPSA) is 32.3 Å². The van der Waals surface area contributed by atoms with Gasteiger partial charge in [-0.25, -0.2) is 4.79 Å². The molecule has 0 aromatic rings. The number of urea groups is 1. The number of hydrogen-bond acceptors (Lipinski definition) is 1. The van der Waals surface area contributed by atoms with Crippen molar-refractivity contribution in [3.63, 3.8) is 0 Å². The number of unbranched alkanes of at least 4 members (excludes halogenated alkanes) is 2. The highest BCUT2D eigenvalue weighted by molar-refractivity contribution is 5.74. The summed E-state index contributed by atoms with van der Waals surface area (Å²) in [6.07, 6.45) is 7.14. The molecule has 0 bridgehead atoms. The maximum Gasteiger partial charge on any atom is 0.317 e. The zero-order chi connectivity index (χ0) is 10.2. The van der Waals surface area contributed by atoms with Gasteiger partial charge in [-0.05, 0) is 25.7 Å².